The third-order valence-electron chi connectivity index (χ3n) is 17.6. The van der Waals surface area contributed by atoms with Crippen LogP contribution in [0.3, 0.4) is 0 Å². The Bertz CT molecular complexity index is 3160. The van der Waals surface area contributed by atoms with E-state index in [1.807, 2.05) is 46.0 Å². The number of hydrogen-bond acceptors (Lipinski definition) is 28. The highest BCUT2D eigenvalue weighted by Crippen LogP contribution is 2.36. The Morgan fingerprint density at radius 1 is 0.573 bits per heavy atom. The van der Waals surface area contributed by atoms with Crippen LogP contribution in [0.4, 0.5) is 5.69 Å². The van der Waals surface area contributed by atoms with Crippen LogP contribution < -0.4 is 44.0 Å². The molecule has 8 heterocycles. The number of aliphatic hydroxyl groups excluding tert-OH is 6. The number of ether oxygens (including phenoxy) is 7. The zero-order valence-corrected chi connectivity index (χ0v) is 49.8. The number of hydrogen-bond donors (Lipinski definition) is 13. The van der Waals surface area contributed by atoms with Crippen LogP contribution in [-0.4, -0.2) is 253 Å². The molecule has 6 aromatic rings. The summed E-state index contributed by atoms with van der Waals surface area (Å²) in [6.07, 6.45) is -8.68. The molecule has 89 heavy (non-hydrogen) atoms. The zero-order valence-electron chi connectivity index (χ0n) is 49.8. The zero-order chi connectivity index (χ0) is 62.5. The van der Waals surface area contributed by atoms with Crippen molar-refractivity contribution in [2.24, 2.45) is 34.4 Å². The highest BCUT2D eigenvalue weighted by atomic mass is 16.8. The van der Waals surface area contributed by atoms with Crippen LogP contribution in [0.5, 0.6) is 5.75 Å². The third kappa shape index (κ3) is 15.2. The first-order valence-electron chi connectivity index (χ1n) is 30.8. The van der Waals surface area contributed by atoms with Crippen LogP contribution in [-0.2, 0) is 67.5 Å². The molecule has 5 aliphatic rings. The summed E-state index contributed by atoms with van der Waals surface area (Å²) in [5.41, 5.74) is 43.5. The SMILES string of the molecule is CN1CCN(c2ccc3nc(-c4ccc(OCc5cn(CCCCCn6cc(CCCCc7cn(CC8OC(OC9C(O)C(N)CC(N)[C@@H]9OC9OC(CN)C(O)C(O)C9N)C(O)C8O[C@H]8O[C@@H](CN)C(O)C(O)C8N)nn7)nn6)nn5)cc4)[nH]c3c2)CC1. The van der Waals surface area contributed by atoms with Crippen molar-refractivity contribution in [2.75, 3.05) is 51.2 Å². The van der Waals surface area contributed by atoms with Crippen molar-refractivity contribution in [1.29, 1.82) is 0 Å². The summed E-state index contributed by atoms with van der Waals surface area (Å²) in [6.45, 7) is 5.51. The second-order valence-electron chi connectivity index (χ2n) is 24.1. The Morgan fingerprint density at radius 3 is 1.76 bits per heavy atom. The number of H-pyrrole nitrogens is 1. The van der Waals surface area contributed by atoms with Gasteiger partial charge in [-0.25, -0.2) is 9.67 Å². The van der Waals surface area contributed by atoms with Gasteiger partial charge in [0.1, 0.15) is 91.0 Å². The van der Waals surface area contributed by atoms with Gasteiger partial charge in [-0.3, -0.25) is 9.36 Å². The largest absolute Gasteiger partial charge is 0.487 e. The summed E-state index contributed by atoms with van der Waals surface area (Å²) in [5.74, 6) is 1.55. The molecule has 32 heteroatoms. The Kier molecular flexibility index (Phi) is 21.2. The van der Waals surface area contributed by atoms with Crippen molar-refractivity contribution >= 4 is 16.7 Å². The highest BCUT2D eigenvalue weighted by Gasteiger charge is 2.55. The van der Waals surface area contributed by atoms with E-state index in [1.165, 1.54) is 10.4 Å². The van der Waals surface area contributed by atoms with E-state index in [9.17, 15) is 30.6 Å². The number of aliphatic hydroxyl groups is 6. The summed E-state index contributed by atoms with van der Waals surface area (Å²) >= 11 is 0. The minimum atomic E-state index is -1.62. The van der Waals surface area contributed by atoms with Gasteiger partial charge in [-0.2, -0.15) is 0 Å². The maximum Gasteiger partial charge on any atom is 0.187 e. The summed E-state index contributed by atoms with van der Waals surface area (Å²) in [6, 6.07) is 10.0. The van der Waals surface area contributed by atoms with Crippen LogP contribution >= 0.6 is 0 Å². The molecule has 488 valence electrons. The molecule has 0 spiro atoms. The lowest BCUT2D eigenvalue weighted by molar-refractivity contribution is -0.306. The normalized spacial score (nSPS) is 33.0. The molecule has 4 saturated heterocycles. The first kappa shape index (κ1) is 64.7. The summed E-state index contributed by atoms with van der Waals surface area (Å²) < 4.78 is 48.1. The van der Waals surface area contributed by atoms with Crippen molar-refractivity contribution in [3.63, 3.8) is 0 Å². The lowest BCUT2D eigenvalue weighted by Crippen LogP contribution is -2.68. The molecule has 0 radical (unpaired) electrons. The molecule has 1 saturated carbocycles. The monoisotopic (exact) mass is 1250 g/mol. The first-order chi connectivity index (χ1) is 43.0. The Balaban J connectivity index is 0.617. The molecule has 0 amide bonds. The number of nitrogens with zero attached hydrogens (tertiary/aromatic N) is 12. The predicted molar refractivity (Wildman–Crippen MR) is 317 cm³/mol. The molecule has 19 atom stereocenters. The molecule has 11 rings (SSSR count). The molecule has 5 fully saturated rings. The number of piperazine rings is 1. The number of benzene rings is 2. The molecular formula is C57H87N19O13. The van der Waals surface area contributed by atoms with Crippen LogP contribution in [0.15, 0.2) is 61.1 Å². The van der Waals surface area contributed by atoms with Crippen molar-refractivity contribution < 1.29 is 63.8 Å². The number of aryl methyl sites for hydroxylation is 4. The Hall–Kier alpha value is -5.83. The molecule has 32 nitrogen and oxygen atoms in total. The average molecular weight is 1250 g/mol. The molecule has 1 aliphatic carbocycles. The molecule has 16 unspecified atom stereocenters. The second kappa shape index (κ2) is 29.2. The fourth-order valence-corrected chi connectivity index (χ4v) is 12.1. The van der Waals surface area contributed by atoms with Crippen molar-refractivity contribution in [2.45, 2.75) is 194 Å². The molecule has 4 aromatic heterocycles. The van der Waals surface area contributed by atoms with Gasteiger partial charge in [0.15, 0.2) is 18.9 Å². The fraction of sp³-hybridized carbons (Fsp3) is 0.667. The second-order valence-corrected chi connectivity index (χ2v) is 24.1. The lowest BCUT2D eigenvalue weighted by Gasteiger charge is -2.47. The van der Waals surface area contributed by atoms with Gasteiger partial charge in [-0.05, 0) is 101 Å². The van der Waals surface area contributed by atoms with Gasteiger partial charge in [-0.1, -0.05) is 15.6 Å². The molecule has 4 aliphatic heterocycles. The van der Waals surface area contributed by atoms with E-state index in [2.05, 4.69) is 71.0 Å². The predicted octanol–water partition coefficient (Wildman–Crippen LogP) is -4.10. The molecule has 19 N–H and O–H groups in total. The minimum Gasteiger partial charge on any atom is -0.487 e. The number of aromatic nitrogens is 11. The maximum absolute atomic E-state index is 12.0. The summed E-state index contributed by atoms with van der Waals surface area (Å²) in [7, 11) is 2.16. The van der Waals surface area contributed by atoms with Gasteiger partial charge < -0.3 is 113 Å². The van der Waals surface area contributed by atoms with E-state index >= 15 is 0 Å². The minimum absolute atomic E-state index is 0.0398. The number of nitrogens with one attached hydrogen (secondary N) is 1. The Labute approximate surface area is 513 Å². The standard InChI is InChI=1S/C57H87N19O13/c1-72-17-19-73(20-18-72)34-11-14-38-39(21-34)65-54(64-38)30-9-12-35(13-10-30)83-29-33-27-75(70-68-33)16-6-2-5-15-74-25-31(66-69-74)7-3-4-8-32-26-76(71-67-32)28-42-52(88-56-44(63)49(81)47(79)41(24-59)85-56)50(82)57(86-42)89-53-45(77)36(60)22-37(61)51(53)87-55-43(62)48(80)46(78)40(23-58)84-55/h9-14,21,25-27,36-37,40-53,55-57,77-82H,2-8,15-20,22-24,28-29,58-63H2,1H3,(H,64,65)/t36?,37?,40?,41-,42?,43?,44?,45?,46?,47?,48?,49?,50?,51-,52?,53?,55?,56+,57?/m0/s1. The van der Waals surface area contributed by atoms with Gasteiger partial charge in [0, 0.05) is 88.1 Å². The number of imidazole rings is 1. The average Bonchev–Trinajstić information content (AvgIpc) is 2.27. The van der Waals surface area contributed by atoms with Crippen molar-refractivity contribution in [3.8, 4) is 17.1 Å². The van der Waals surface area contributed by atoms with Gasteiger partial charge >= 0.3 is 0 Å². The summed E-state index contributed by atoms with van der Waals surface area (Å²) in [4.78, 5) is 13.1. The molecule has 0 bridgehead atoms. The van der Waals surface area contributed by atoms with Crippen LogP contribution in [0.2, 0.25) is 0 Å². The number of rotatable bonds is 26. The quantitative estimate of drug-likeness (QED) is 0.0230. The van der Waals surface area contributed by atoms with Gasteiger partial charge in [0.25, 0.3) is 0 Å². The number of unbranched alkanes of at least 4 members (excludes halogenated alkanes) is 3. The Morgan fingerprint density at radius 2 is 1.13 bits per heavy atom. The van der Waals surface area contributed by atoms with E-state index in [0.717, 1.165) is 111 Å². The fourth-order valence-electron chi connectivity index (χ4n) is 12.1. The molecule has 2 aromatic carbocycles. The van der Waals surface area contributed by atoms with Crippen LogP contribution in [0.25, 0.3) is 22.4 Å². The number of likely N-dealkylation sites (N-methyl/N-ethyl adjacent to an activating group) is 1. The van der Waals surface area contributed by atoms with E-state index < -0.39 is 116 Å². The topological polar surface area (TPSA) is 469 Å². The van der Waals surface area contributed by atoms with Crippen molar-refractivity contribution in [3.05, 3.63) is 78.1 Å². The van der Waals surface area contributed by atoms with E-state index in [1.54, 1.807) is 6.20 Å². The number of fused-ring (bicyclic) bond motifs is 1. The lowest BCUT2D eigenvalue weighted by atomic mass is 9.84. The number of aromatic amines is 1. The van der Waals surface area contributed by atoms with Crippen LogP contribution in [0.1, 0.15) is 55.6 Å². The first-order valence-corrected chi connectivity index (χ1v) is 30.8. The van der Waals surface area contributed by atoms with Gasteiger partial charge in [0.2, 0.25) is 0 Å². The van der Waals surface area contributed by atoms with E-state index in [-0.39, 0.29) is 26.1 Å². The maximum atomic E-state index is 12.0. The third-order valence-corrected chi connectivity index (χ3v) is 17.6. The number of anilines is 1. The van der Waals surface area contributed by atoms with Crippen LogP contribution in [0, 0.1) is 0 Å². The summed E-state index contributed by atoms with van der Waals surface area (Å²) in [5, 5.41) is 92.0. The highest BCUT2D eigenvalue weighted by molar-refractivity contribution is 5.83. The van der Waals surface area contributed by atoms with Gasteiger partial charge in [-0.15, -0.1) is 15.3 Å². The van der Waals surface area contributed by atoms with Crippen molar-refractivity contribution in [1.82, 2.24) is 59.8 Å². The smallest absolute Gasteiger partial charge is 0.187 e. The number of nitrogens with two attached hydrogens (primary N) is 6. The molecular weight excluding hydrogens is 1160 g/mol. The van der Waals surface area contributed by atoms with E-state index in [0.29, 0.717) is 25.1 Å². The van der Waals surface area contributed by atoms with E-state index in [4.69, 9.17) is 72.5 Å². The van der Waals surface area contributed by atoms with Gasteiger partial charge in [0.05, 0.1) is 53.4 Å².